The number of fused-ring (bicyclic) bond motifs is 2. The van der Waals surface area contributed by atoms with Crippen molar-refractivity contribution in [3.8, 4) is 11.1 Å². The number of hydrogen-bond acceptors (Lipinski definition) is 1. The molecule has 0 amide bonds. The van der Waals surface area contributed by atoms with Gasteiger partial charge in [-0.1, -0.05) is 78.9 Å². The average Bonchev–Trinajstić information content (AvgIpc) is 2.86. The third kappa shape index (κ3) is 5.19. The van der Waals surface area contributed by atoms with Gasteiger partial charge in [0.1, 0.15) is 0 Å². The lowest BCUT2D eigenvalue weighted by Crippen LogP contribution is -2.18. The van der Waals surface area contributed by atoms with Crippen LogP contribution >= 0.6 is 12.4 Å². The molecule has 1 N–H and O–H groups in total. The van der Waals surface area contributed by atoms with E-state index < -0.39 is 11.7 Å². The summed E-state index contributed by atoms with van der Waals surface area (Å²) in [5.74, 6) is 0. The molecule has 5 heteroatoms. The maximum atomic E-state index is 13.0. The van der Waals surface area contributed by atoms with E-state index in [1.54, 1.807) is 12.1 Å². The van der Waals surface area contributed by atoms with Gasteiger partial charge in [0.25, 0.3) is 0 Å². The fourth-order valence-electron chi connectivity index (χ4n) is 4.56. The lowest BCUT2D eigenvalue weighted by molar-refractivity contribution is -0.137. The first-order chi connectivity index (χ1) is 16.4. The van der Waals surface area contributed by atoms with Crippen molar-refractivity contribution in [1.29, 1.82) is 0 Å². The third-order valence-electron chi connectivity index (χ3n) is 6.35. The first-order valence-corrected chi connectivity index (χ1v) is 11.3. The Hall–Kier alpha value is -3.34. The molecule has 178 valence electrons. The number of alkyl halides is 3. The summed E-state index contributed by atoms with van der Waals surface area (Å²) in [4.78, 5) is 0. The molecule has 0 saturated carbocycles. The fourth-order valence-corrected chi connectivity index (χ4v) is 4.56. The van der Waals surface area contributed by atoms with Gasteiger partial charge >= 0.3 is 6.18 Å². The minimum Gasteiger partial charge on any atom is -0.306 e. The minimum absolute atomic E-state index is 0. The Morgan fingerprint density at radius 2 is 1.34 bits per heavy atom. The van der Waals surface area contributed by atoms with Gasteiger partial charge < -0.3 is 5.32 Å². The Morgan fingerprint density at radius 1 is 0.714 bits per heavy atom. The molecule has 0 fully saturated rings. The Balaban J connectivity index is 0.00000289. The molecule has 0 unspecified atom stereocenters. The molecule has 0 aromatic heterocycles. The van der Waals surface area contributed by atoms with Crippen LogP contribution in [0.25, 0.3) is 32.7 Å². The van der Waals surface area contributed by atoms with E-state index in [0.717, 1.165) is 39.6 Å². The van der Waals surface area contributed by atoms with Gasteiger partial charge in [-0.2, -0.15) is 13.2 Å². The fraction of sp³-hybridized carbons (Fsp3) is 0.133. The van der Waals surface area contributed by atoms with Gasteiger partial charge in [0.05, 0.1) is 5.56 Å². The van der Waals surface area contributed by atoms with Crippen molar-refractivity contribution in [2.45, 2.75) is 25.7 Å². The minimum atomic E-state index is -4.34. The van der Waals surface area contributed by atoms with Crippen molar-refractivity contribution in [1.82, 2.24) is 5.32 Å². The second-order valence-corrected chi connectivity index (χ2v) is 8.61. The zero-order valence-electron chi connectivity index (χ0n) is 19.1. The molecule has 0 spiro atoms. The molecule has 5 aromatic rings. The predicted molar refractivity (Wildman–Crippen MR) is 141 cm³/mol. The number of benzene rings is 5. The van der Waals surface area contributed by atoms with Crippen LogP contribution in [0, 0.1) is 0 Å². The molecular formula is C30H25ClF3N. The van der Waals surface area contributed by atoms with Crippen LogP contribution in [-0.2, 0) is 12.7 Å². The molecule has 0 saturated heterocycles. The first-order valence-electron chi connectivity index (χ1n) is 11.3. The largest absolute Gasteiger partial charge is 0.416 e. The van der Waals surface area contributed by atoms with Crippen LogP contribution in [0.5, 0.6) is 0 Å². The van der Waals surface area contributed by atoms with E-state index in [0.29, 0.717) is 6.54 Å². The van der Waals surface area contributed by atoms with Gasteiger partial charge in [-0.15, -0.1) is 12.4 Å². The summed E-state index contributed by atoms with van der Waals surface area (Å²) < 4.78 is 39.1. The van der Waals surface area contributed by atoms with Gasteiger partial charge in [-0.05, 0) is 75.0 Å². The van der Waals surface area contributed by atoms with Crippen LogP contribution in [0.1, 0.15) is 29.7 Å². The number of rotatable bonds is 5. The summed E-state index contributed by atoms with van der Waals surface area (Å²) in [7, 11) is 0. The van der Waals surface area contributed by atoms with Crippen LogP contribution in [0.2, 0.25) is 0 Å². The van der Waals surface area contributed by atoms with E-state index in [-0.39, 0.29) is 18.4 Å². The molecule has 5 aromatic carbocycles. The molecule has 0 aliphatic carbocycles. The Kier molecular flexibility index (Phi) is 7.15. The highest BCUT2D eigenvalue weighted by molar-refractivity contribution is 5.97. The zero-order chi connectivity index (χ0) is 23.7. The summed E-state index contributed by atoms with van der Waals surface area (Å²) in [6, 6.07) is 32.5. The Bertz CT molecular complexity index is 1450. The number of halogens is 4. The molecule has 1 nitrogen and oxygen atoms in total. The Labute approximate surface area is 209 Å². The SMILES string of the molecule is C[C@@H](NCc1cc(-c2ccc(C(F)(F)F)cc2)c2ccccc2c1)c1cccc2ccccc12.Cl. The Morgan fingerprint density at radius 3 is 2.06 bits per heavy atom. The maximum absolute atomic E-state index is 13.0. The van der Waals surface area contributed by atoms with E-state index in [1.807, 2.05) is 30.3 Å². The molecule has 0 bridgehead atoms. The van der Waals surface area contributed by atoms with Crippen LogP contribution in [0.4, 0.5) is 13.2 Å². The summed E-state index contributed by atoms with van der Waals surface area (Å²) in [6.45, 7) is 2.79. The van der Waals surface area contributed by atoms with Crippen molar-refractivity contribution < 1.29 is 13.2 Å². The van der Waals surface area contributed by atoms with Crippen LogP contribution in [-0.4, -0.2) is 0 Å². The van der Waals surface area contributed by atoms with Crippen molar-refractivity contribution in [2.75, 3.05) is 0 Å². The third-order valence-corrected chi connectivity index (χ3v) is 6.35. The van der Waals surface area contributed by atoms with Crippen LogP contribution in [0.15, 0.2) is 103 Å². The van der Waals surface area contributed by atoms with E-state index in [4.69, 9.17) is 0 Å². The molecule has 5 rings (SSSR count). The summed E-state index contributed by atoms with van der Waals surface area (Å²) >= 11 is 0. The van der Waals surface area contributed by atoms with Gasteiger partial charge in [-0.3, -0.25) is 0 Å². The van der Waals surface area contributed by atoms with Gasteiger partial charge in [0.2, 0.25) is 0 Å². The number of hydrogen-bond donors (Lipinski definition) is 1. The van der Waals surface area contributed by atoms with Crippen molar-refractivity contribution in [3.05, 3.63) is 120 Å². The molecule has 1 atom stereocenters. The lowest BCUT2D eigenvalue weighted by atomic mass is 9.94. The molecular weight excluding hydrogens is 467 g/mol. The van der Waals surface area contributed by atoms with Crippen molar-refractivity contribution >= 4 is 34.0 Å². The zero-order valence-corrected chi connectivity index (χ0v) is 20.0. The maximum Gasteiger partial charge on any atom is 0.416 e. The highest BCUT2D eigenvalue weighted by Gasteiger charge is 2.30. The summed E-state index contributed by atoms with van der Waals surface area (Å²) in [5, 5.41) is 8.16. The van der Waals surface area contributed by atoms with Gasteiger partial charge in [0, 0.05) is 12.6 Å². The molecule has 0 heterocycles. The van der Waals surface area contributed by atoms with E-state index in [9.17, 15) is 13.2 Å². The first kappa shape index (κ1) is 24.8. The van der Waals surface area contributed by atoms with Crippen LogP contribution in [0.3, 0.4) is 0 Å². The van der Waals surface area contributed by atoms with Gasteiger partial charge in [-0.25, -0.2) is 0 Å². The molecule has 0 aliphatic rings. The summed E-state index contributed by atoms with van der Waals surface area (Å²) in [5.41, 5.74) is 3.39. The normalized spacial score (nSPS) is 12.5. The molecule has 0 radical (unpaired) electrons. The van der Waals surface area contributed by atoms with Crippen molar-refractivity contribution in [3.63, 3.8) is 0 Å². The standard InChI is InChI=1S/C30H24F3N.ClH/c1-20(26-12-6-9-22-7-2-4-10-27(22)26)34-19-21-17-24-8-3-5-11-28(24)29(18-21)23-13-15-25(16-14-23)30(31,32)33;/h2-18,20,34H,19H2,1H3;1H/t20-;/m1./s1. The monoisotopic (exact) mass is 491 g/mol. The summed E-state index contributed by atoms with van der Waals surface area (Å²) in [6.07, 6.45) is -4.34. The smallest absolute Gasteiger partial charge is 0.306 e. The highest BCUT2D eigenvalue weighted by atomic mass is 35.5. The molecule has 0 aliphatic heterocycles. The highest BCUT2D eigenvalue weighted by Crippen LogP contribution is 2.34. The van der Waals surface area contributed by atoms with E-state index in [2.05, 4.69) is 60.8 Å². The van der Waals surface area contributed by atoms with Gasteiger partial charge in [0.15, 0.2) is 0 Å². The second-order valence-electron chi connectivity index (χ2n) is 8.61. The molecule has 35 heavy (non-hydrogen) atoms. The van der Waals surface area contributed by atoms with E-state index >= 15 is 0 Å². The number of nitrogens with one attached hydrogen (secondary N) is 1. The quantitative estimate of drug-likeness (QED) is 0.259. The van der Waals surface area contributed by atoms with E-state index in [1.165, 1.54) is 16.3 Å². The topological polar surface area (TPSA) is 12.0 Å². The average molecular weight is 492 g/mol. The predicted octanol–water partition coefficient (Wildman–Crippen LogP) is 8.95. The van der Waals surface area contributed by atoms with Crippen LogP contribution < -0.4 is 5.32 Å². The van der Waals surface area contributed by atoms with Crippen molar-refractivity contribution in [2.24, 2.45) is 0 Å². The lowest BCUT2D eigenvalue weighted by Gasteiger charge is -2.18. The second kappa shape index (κ2) is 10.1.